The third kappa shape index (κ3) is 5.51. The van der Waals surface area contributed by atoms with Crippen LogP contribution in [0, 0.1) is 13.8 Å². The molecule has 2 N–H and O–H groups in total. The summed E-state index contributed by atoms with van der Waals surface area (Å²) in [6.07, 6.45) is 0. The van der Waals surface area contributed by atoms with Crippen molar-refractivity contribution in [3.8, 4) is 11.5 Å². The zero-order valence-electron chi connectivity index (χ0n) is 14.9. The third-order valence-corrected chi connectivity index (χ3v) is 4.13. The topological polar surface area (TPSA) is 42.5 Å². The smallest absolute Gasteiger partial charge is 0.171 e. The Balaban J connectivity index is 1.91. The van der Waals surface area contributed by atoms with E-state index in [2.05, 4.69) is 10.6 Å². The lowest BCUT2D eigenvalue weighted by molar-refractivity contribution is 0.283. The maximum atomic E-state index is 6.03. The van der Waals surface area contributed by atoms with Gasteiger partial charge in [0.2, 0.25) is 0 Å². The Hall–Kier alpha value is -1.98. The number of ether oxygens (including phenoxy) is 2. The number of para-hydroxylation sites is 1. The summed E-state index contributed by atoms with van der Waals surface area (Å²) in [7, 11) is 1.60. The summed E-state index contributed by atoms with van der Waals surface area (Å²) in [6.45, 7) is 6.59. The Morgan fingerprint density at radius 3 is 2.52 bits per heavy atom. The first kappa shape index (κ1) is 19.3. The quantitative estimate of drug-likeness (QED) is 0.712. The molecule has 0 aliphatic carbocycles. The molecule has 1 unspecified atom stereocenters. The number of nitrogens with one attached hydrogen (secondary N) is 2. The van der Waals surface area contributed by atoms with Crippen molar-refractivity contribution in [2.75, 3.05) is 19.0 Å². The fraction of sp³-hybridized carbons (Fsp3) is 0.316. The molecule has 2 rings (SSSR count). The van der Waals surface area contributed by atoms with Crippen LogP contribution >= 0.6 is 23.8 Å². The summed E-state index contributed by atoms with van der Waals surface area (Å²) in [4.78, 5) is 0. The molecule has 0 aromatic heterocycles. The second-order valence-electron chi connectivity index (χ2n) is 5.88. The van der Waals surface area contributed by atoms with Gasteiger partial charge in [-0.3, -0.25) is 0 Å². The molecule has 0 amide bonds. The van der Waals surface area contributed by atoms with Crippen LogP contribution in [0.4, 0.5) is 5.69 Å². The number of hydrogen-bond donors (Lipinski definition) is 2. The van der Waals surface area contributed by atoms with E-state index in [1.807, 2.05) is 39.0 Å². The summed E-state index contributed by atoms with van der Waals surface area (Å²) in [5, 5.41) is 7.41. The van der Waals surface area contributed by atoms with Crippen LogP contribution in [-0.2, 0) is 0 Å². The van der Waals surface area contributed by atoms with Gasteiger partial charge in [-0.2, -0.15) is 0 Å². The van der Waals surface area contributed by atoms with Crippen LogP contribution in [0.25, 0.3) is 0 Å². The second kappa shape index (κ2) is 8.92. The largest absolute Gasteiger partial charge is 0.495 e. The number of halogens is 1. The van der Waals surface area contributed by atoms with E-state index in [1.54, 1.807) is 25.3 Å². The number of thiocarbonyl (C=S) groups is 1. The summed E-state index contributed by atoms with van der Waals surface area (Å²) < 4.78 is 11.3. The van der Waals surface area contributed by atoms with Crippen LogP contribution < -0.4 is 20.1 Å². The average Bonchev–Trinajstić information content (AvgIpc) is 2.54. The van der Waals surface area contributed by atoms with Gasteiger partial charge in [-0.1, -0.05) is 29.8 Å². The molecule has 0 radical (unpaired) electrons. The van der Waals surface area contributed by atoms with E-state index >= 15 is 0 Å². The van der Waals surface area contributed by atoms with Gasteiger partial charge in [0.25, 0.3) is 0 Å². The highest BCUT2D eigenvalue weighted by molar-refractivity contribution is 7.80. The Morgan fingerprint density at radius 1 is 1.20 bits per heavy atom. The summed E-state index contributed by atoms with van der Waals surface area (Å²) in [6, 6.07) is 11.5. The number of methoxy groups -OCH3 is 1. The normalized spacial score (nSPS) is 11.6. The van der Waals surface area contributed by atoms with Gasteiger partial charge in [0.05, 0.1) is 18.8 Å². The maximum Gasteiger partial charge on any atom is 0.171 e. The van der Waals surface area contributed by atoms with Gasteiger partial charge < -0.3 is 20.1 Å². The van der Waals surface area contributed by atoms with E-state index in [9.17, 15) is 0 Å². The molecule has 25 heavy (non-hydrogen) atoms. The van der Waals surface area contributed by atoms with Crippen LogP contribution in [0.2, 0.25) is 5.02 Å². The zero-order chi connectivity index (χ0) is 18.4. The van der Waals surface area contributed by atoms with Gasteiger partial charge in [0.15, 0.2) is 5.11 Å². The molecule has 2 aromatic carbocycles. The molecule has 2 aromatic rings. The Labute approximate surface area is 159 Å². The second-order valence-corrected chi connectivity index (χ2v) is 6.72. The molecule has 0 heterocycles. The van der Waals surface area contributed by atoms with Gasteiger partial charge >= 0.3 is 0 Å². The van der Waals surface area contributed by atoms with Crippen molar-refractivity contribution in [1.82, 2.24) is 5.32 Å². The van der Waals surface area contributed by atoms with Gasteiger partial charge in [0, 0.05) is 5.02 Å². The van der Waals surface area contributed by atoms with Crippen molar-refractivity contribution in [2.45, 2.75) is 26.8 Å². The van der Waals surface area contributed by atoms with E-state index in [0.29, 0.717) is 22.5 Å². The molecule has 0 saturated heterocycles. The number of rotatable bonds is 6. The number of hydrogen-bond acceptors (Lipinski definition) is 3. The van der Waals surface area contributed by atoms with Crippen LogP contribution in [0.5, 0.6) is 11.5 Å². The molecule has 0 aliphatic heterocycles. The highest BCUT2D eigenvalue weighted by Crippen LogP contribution is 2.27. The van der Waals surface area contributed by atoms with E-state index < -0.39 is 0 Å². The van der Waals surface area contributed by atoms with Gasteiger partial charge in [-0.15, -0.1) is 0 Å². The fourth-order valence-electron chi connectivity index (χ4n) is 2.44. The van der Waals surface area contributed by atoms with Crippen LogP contribution in [0.1, 0.15) is 18.1 Å². The molecule has 134 valence electrons. The molecule has 0 aliphatic rings. The molecule has 4 nitrogen and oxygen atoms in total. The predicted octanol–water partition coefficient (Wildman–Crippen LogP) is 4.72. The first-order valence-corrected chi connectivity index (χ1v) is 8.79. The minimum absolute atomic E-state index is 0.0317. The first-order chi connectivity index (χ1) is 11.9. The van der Waals surface area contributed by atoms with Crippen LogP contribution in [0.15, 0.2) is 36.4 Å². The molecule has 0 saturated carbocycles. The number of aryl methyl sites for hydroxylation is 2. The fourth-order valence-corrected chi connectivity index (χ4v) is 2.92. The number of anilines is 1. The minimum atomic E-state index is 0.0317. The highest BCUT2D eigenvalue weighted by atomic mass is 35.5. The van der Waals surface area contributed by atoms with Crippen molar-refractivity contribution < 1.29 is 9.47 Å². The van der Waals surface area contributed by atoms with Crippen molar-refractivity contribution in [3.05, 3.63) is 52.5 Å². The van der Waals surface area contributed by atoms with Crippen LogP contribution in [-0.4, -0.2) is 24.9 Å². The molecule has 6 heteroatoms. The van der Waals surface area contributed by atoms with E-state index in [0.717, 1.165) is 22.6 Å². The Morgan fingerprint density at radius 2 is 1.88 bits per heavy atom. The van der Waals surface area contributed by atoms with E-state index in [4.69, 9.17) is 33.3 Å². The monoisotopic (exact) mass is 378 g/mol. The first-order valence-electron chi connectivity index (χ1n) is 8.00. The molecule has 0 spiro atoms. The Kier molecular flexibility index (Phi) is 6.91. The molecule has 0 fully saturated rings. The highest BCUT2D eigenvalue weighted by Gasteiger charge is 2.10. The SMILES string of the molecule is COc1ccc(Cl)cc1NC(=S)NC(C)COc1c(C)cccc1C. The zero-order valence-corrected chi connectivity index (χ0v) is 16.4. The number of benzene rings is 2. The summed E-state index contributed by atoms with van der Waals surface area (Å²) >= 11 is 11.4. The van der Waals surface area contributed by atoms with Gasteiger partial charge in [-0.05, 0) is 62.3 Å². The predicted molar refractivity (Wildman–Crippen MR) is 108 cm³/mol. The summed E-state index contributed by atoms with van der Waals surface area (Å²) in [5.74, 6) is 1.60. The van der Waals surface area contributed by atoms with Gasteiger partial charge in [-0.25, -0.2) is 0 Å². The lowest BCUT2D eigenvalue weighted by atomic mass is 10.1. The van der Waals surface area contributed by atoms with Crippen LogP contribution in [0.3, 0.4) is 0 Å². The van der Waals surface area contributed by atoms with E-state index in [-0.39, 0.29) is 6.04 Å². The molecular weight excluding hydrogens is 356 g/mol. The molecule has 0 bridgehead atoms. The Bertz CT molecular complexity index is 732. The van der Waals surface area contributed by atoms with Crippen molar-refractivity contribution in [1.29, 1.82) is 0 Å². The third-order valence-electron chi connectivity index (χ3n) is 3.67. The van der Waals surface area contributed by atoms with Crippen molar-refractivity contribution >= 4 is 34.6 Å². The lowest BCUT2D eigenvalue weighted by Crippen LogP contribution is -2.39. The lowest BCUT2D eigenvalue weighted by Gasteiger charge is -2.20. The minimum Gasteiger partial charge on any atom is -0.495 e. The maximum absolute atomic E-state index is 6.03. The summed E-state index contributed by atoms with van der Waals surface area (Å²) in [5.41, 5.74) is 2.96. The van der Waals surface area contributed by atoms with Crippen molar-refractivity contribution in [2.24, 2.45) is 0 Å². The van der Waals surface area contributed by atoms with Gasteiger partial charge in [0.1, 0.15) is 18.1 Å². The average molecular weight is 379 g/mol. The molecular formula is C19H23ClN2O2S. The standard InChI is InChI=1S/C19H23ClN2O2S/c1-12-6-5-7-13(2)18(12)24-11-14(3)21-19(25)22-16-10-15(20)8-9-17(16)23-4/h5-10,14H,11H2,1-4H3,(H2,21,22,25). The molecule has 1 atom stereocenters. The van der Waals surface area contributed by atoms with E-state index in [1.165, 1.54) is 0 Å². The van der Waals surface area contributed by atoms with Crippen molar-refractivity contribution in [3.63, 3.8) is 0 Å².